The van der Waals surface area contributed by atoms with Gasteiger partial charge in [-0.25, -0.2) is 0 Å². The summed E-state index contributed by atoms with van der Waals surface area (Å²) in [6.07, 6.45) is 0.750. The fourth-order valence-corrected chi connectivity index (χ4v) is 2.24. The third kappa shape index (κ3) is 3.47. The lowest BCUT2D eigenvalue weighted by atomic mass is 10.1. The molecule has 1 atom stereocenters. The molecule has 1 aromatic rings. The van der Waals surface area contributed by atoms with Crippen molar-refractivity contribution in [2.75, 3.05) is 26.2 Å². The van der Waals surface area contributed by atoms with Crippen molar-refractivity contribution in [3.8, 4) is 5.75 Å². The van der Waals surface area contributed by atoms with Gasteiger partial charge < -0.3 is 9.84 Å². The number of benzene rings is 1. The molecule has 1 N–H and O–H groups in total. The highest BCUT2D eigenvalue weighted by molar-refractivity contribution is 5.70. The molecule has 1 aromatic carbocycles. The Morgan fingerprint density at radius 1 is 1.56 bits per heavy atom. The molecule has 4 nitrogen and oxygen atoms in total. The largest absolute Gasteiger partial charge is 0.492 e. The minimum atomic E-state index is -0.683. The van der Waals surface area contributed by atoms with Gasteiger partial charge in [0.1, 0.15) is 12.4 Å². The van der Waals surface area contributed by atoms with Gasteiger partial charge in [0, 0.05) is 13.1 Å². The standard InChI is InChI=1S/C14H19NO3/c1-11-3-2-4-13(9-11)18-8-7-15-6-5-12(10-15)14(16)17/h2-4,9,12H,5-8,10H2,1H3,(H,16,17)/t12-/m0/s1. The van der Waals surface area contributed by atoms with Gasteiger partial charge in [-0.05, 0) is 37.6 Å². The molecule has 1 fully saturated rings. The first-order chi connectivity index (χ1) is 8.65. The molecule has 0 aliphatic carbocycles. The number of hydrogen-bond donors (Lipinski definition) is 1. The zero-order valence-corrected chi connectivity index (χ0v) is 10.6. The average Bonchev–Trinajstić information content (AvgIpc) is 2.78. The second kappa shape index (κ2) is 5.87. The predicted octanol–water partition coefficient (Wildman–Crippen LogP) is 1.78. The molecule has 1 saturated heterocycles. The van der Waals surface area contributed by atoms with Crippen molar-refractivity contribution in [3.63, 3.8) is 0 Å². The van der Waals surface area contributed by atoms with E-state index in [1.165, 1.54) is 5.56 Å². The summed E-state index contributed by atoms with van der Waals surface area (Å²) >= 11 is 0. The second-order valence-electron chi connectivity index (χ2n) is 4.79. The van der Waals surface area contributed by atoms with Gasteiger partial charge in [-0.1, -0.05) is 12.1 Å². The highest BCUT2D eigenvalue weighted by atomic mass is 16.5. The molecule has 98 valence electrons. The van der Waals surface area contributed by atoms with Crippen LogP contribution in [0.15, 0.2) is 24.3 Å². The van der Waals surface area contributed by atoms with Gasteiger partial charge in [0.15, 0.2) is 0 Å². The predicted molar refractivity (Wildman–Crippen MR) is 68.9 cm³/mol. The highest BCUT2D eigenvalue weighted by Gasteiger charge is 2.27. The van der Waals surface area contributed by atoms with E-state index in [9.17, 15) is 4.79 Å². The Morgan fingerprint density at radius 3 is 3.06 bits per heavy atom. The summed E-state index contributed by atoms with van der Waals surface area (Å²) in [6, 6.07) is 7.95. The van der Waals surface area contributed by atoms with E-state index in [1.807, 2.05) is 31.2 Å². The lowest BCUT2D eigenvalue weighted by Gasteiger charge is -2.15. The van der Waals surface area contributed by atoms with Gasteiger partial charge in [-0.2, -0.15) is 0 Å². The highest BCUT2D eigenvalue weighted by Crippen LogP contribution is 2.16. The third-order valence-electron chi connectivity index (χ3n) is 3.29. The third-order valence-corrected chi connectivity index (χ3v) is 3.29. The van der Waals surface area contributed by atoms with Crippen molar-refractivity contribution in [3.05, 3.63) is 29.8 Å². The van der Waals surface area contributed by atoms with E-state index in [0.717, 1.165) is 25.3 Å². The lowest BCUT2D eigenvalue weighted by Crippen LogP contribution is -2.27. The van der Waals surface area contributed by atoms with Crippen LogP contribution in [-0.2, 0) is 4.79 Å². The number of rotatable bonds is 5. The zero-order valence-electron chi connectivity index (χ0n) is 10.6. The van der Waals surface area contributed by atoms with Crippen molar-refractivity contribution in [2.45, 2.75) is 13.3 Å². The lowest BCUT2D eigenvalue weighted by molar-refractivity contribution is -0.141. The van der Waals surface area contributed by atoms with E-state index in [4.69, 9.17) is 9.84 Å². The fourth-order valence-electron chi connectivity index (χ4n) is 2.24. The summed E-state index contributed by atoms with van der Waals surface area (Å²) in [5, 5.41) is 8.91. The van der Waals surface area contributed by atoms with Crippen LogP contribution in [0.1, 0.15) is 12.0 Å². The molecule has 1 heterocycles. The van der Waals surface area contributed by atoms with Gasteiger partial charge in [-0.3, -0.25) is 9.69 Å². The summed E-state index contributed by atoms with van der Waals surface area (Å²) in [7, 11) is 0. The SMILES string of the molecule is Cc1cccc(OCCN2CC[C@H](C(=O)O)C2)c1. The molecular formula is C14H19NO3. The van der Waals surface area contributed by atoms with E-state index in [0.29, 0.717) is 13.2 Å². The van der Waals surface area contributed by atoms with Gasteiger partial charge in [-0.15, -0.1) is 0 Å². The summed E-state index contributed by atoms with van der Waals surface area (Å²) in [5.41, 5.74) is 1.18. The number of hydrogen-bond acceptors (Lipinski definition) is 3. The molecule has 0 spiro atoms. The number of carboxylic acids is 1. The van der Waals surface area contributed by atoms with Crippen molar-refractivity contribution >= 4 is 5.97 Å². The average molecular weight is 249 g/mol. The van der Waals surface area contributed by atoms with E-state index in [1.54, 1.807) is 0 Å². The van der Waals surface area contributed by atoms with Crippen LogP contribution in [0.2, 0.25) is 0 Å². The van der Waals surface area contributed by atoms with Crippen LogP contribution in [0.25, 0.3) is 0 Å². The number of likely N-dealkylation sites (tertiary alicyclic amines) is 1. The first kappa shape index (κ1) is 12.9. The van der Waals surface area contributed by atoms with E-state index in [2.05, 4.69) is 4.90 Å². The molecule has 0 radical (unpaired) electrons. The van der Waals surface area contributed by atoms with Crippen molar-refractivity contribution < 1.29 is 14.6 Å². The summed E-state index contributed by atoms with van der Waals surface area (Å²) < 4.78 is 5.66. The number of aliphatic carboxylic acids is 1. The van der Waals surface area contributed by atoms with Gasteiger partial charge >= 0.3 is 5.97 Å². The minimum Gasteiger partial charge on any atom is -0.492 e. The number of nitrogens with zero attached hydrogens (tertiary/aromatic N) is 1. The Balaban J connectivity index is 1.72. The topological polar surface area (TPSA) is 49.8 Å². The summed E-state index contributed by atoms with van der Waals surface area (Å²) in [5.74, 6) is -0.00921. The molecule has 4 heteroatoms. The fraction of sp³-hybridized carbons (Fsp3) is 0.500. The van der Waals surface area contributed by atoms with Crippen LogP contribution in [0.4, 0.5) is 0 Å². The summed E-state index contributed by atoms with van der Waals surface area (Å²) in [4.78, 5) is 13.0. The maximum absolute atomic E-state index is 10.8. The summed E-state index contributed by atoms with van der Waals surface area (Å²) in [6.45, 7) is 4.93. The van der Waals surface area contributed by atoms with Gasteiger partial charge in [0.25, 0.3) is 0 Å². The molecule has 0 bridgehead atoms. The molecule has 2 rings (SSSR count). The van der Waals surface area contributed by atoms with Crippen molar-refractivity contribution in [1.29, 1.82) is 0 Å². The van der Waals surface area contributed by atoms with Crippen molar-refractivity contribution in [1.82, 2.24) is 4.90 Å². The first-order valence-corrected chi connectivity index (χ1v) is 6.30. The Morgan fingerprint density at radius 2 is 2.39 bits per heavy atom. The molecule has 0 amide bonds. The Hall–Kier alpha value is -1.55. The normalized spacial score (nSPS) is 19.9. The Kier molecular flexibility index (Phi) is 4.20. The quantitative estimate of drug-likeness (QED) is 0.864. The van der Waals surface area contributed by atoms with Gasteiger partial charge in [0.2, 0.25) is 0 Å². The maximum atomic E-state index is 10.8. The Bertz CT molecular complexity index is 419. The Labute approximate surface area is 107 Å². The monoisotopic (exact) mass is 249 g/mol. The molecule has 0 aromatic heterocycles. The van der Waals surface area contributed by atoms with Crippen LogP contribution in [0.5, 0.6) is 5.75 Å². The number of carbonyl (C=O) groups is 1. The maximum Gasteiger partial charge on any atom is 0.307 e. The second-order valence-corrected chi connectivity index (χ2v) is 4.79. The van der Waals surface area contributed by atoms with E-state index < -0.39 is 5.97 Å². The molecule has 0 unspecified atom stereocenters. The van der Waals surface area contributed by atoms with Crippen LogP contribution >= 0.6 is 0 Å². The smallest absolute Gasteiger partial charge is 0.307 e. The van der Waals surface area contributed by atoms with Crippen LogP contribution in [0.3, 0.4) is 0 Å². The molecule has 0 saturated carbocycles. The van der Waals surface area contributed by atoms with Crippen LogP contribution in [0, 0.1) is 12.8 Å². The minimum absolute atomic E-state index is 0.205. The van der Waals surface area contributed by atoms with Crippen LogP contribution in [-0.4, -0.2) is 42.2 Å². The number of ether oxygens (including phenoxy) is 1. The van der Waals surface area contributed by atoms with Crippen LogP contribution < -0.4 is 4.74 Å². The number of carboxylic acid groups (broad SMARTS) is 1. The number of aryl methyl sites for hydroxylation is 1. The van der Waals surface area contributed by atoms with Gasteiger partial charge in [0.05, 0.1) is 5.92 Å². The molecular weight excluding hydrogens is 230 g/mol. The molecule has 1 aliphatic rings. The molecule has 1 aliphatic heterocycles. The van der Waals surface area contributed by atoms with E-state index >= 15 is 0 Å². The molecule has 18 heavy (non-hydrogen) atoms. The first-order valence-electron chi connectivity index (χ1n) is 6.30. The van der Waals surface area contributed by atoms with Crippen molar-refractivity contribution in [2.24, 2.45) is 5.92 Å². The zero-order chi connectivity index (χ0) is 13.0. The van der Waals surface area contributed by atoms with E-state index in [-0.39, 0.29) is 5.92 Å².